The molecule has 0 spiro atoms. The summed E-state index contributed by atoms with van der Waals surface area (Å²) in [6.45, 7) is 0. The Morgan fingerprint density at radius 3 is 2.85 bits per heavy atom. The zero-order chi connectivity index (χ0) is 9.26. The largest absolute Gasteiger partial charge is 0.384 e. The van der Waals surface area contributed by atoms with Gasteiger partial charge in [0.15, 0.2) is 5.82 Å². The number of nitrogens with zero attached hydrogens (tertiary/aromatic N) is 4. The van der Waals surface area contributed by atoms with E-state index in [4.69, 9.17) is 5.73 Å². The zero-order valence-corrected chi connectivity index (χ0v) is 8.14. The predicted octanol–water partition coefficient (Wildman–Crippen LogP) is 1.01. The van der Waals surface area contributed by atoms with Gasteiger partial charge in [-0.05, 0) is 15.9 Å². The van der Waals surface area contributed by atoms with E-state index in [1.807, 2.05) is 0 Å². The molecule has 0 saturated carbocycles. The maximum absolute atomic E-state index is 5.50. The van der Waals surface area contributed by atoms with Gasteiger partial charge in [-0.3, -0.25) is 0 Å². The van der Waals surface area contributed by atoms with Crippen molar-refractivity contribution in [2.45, 2.75) is 0 Å². The minimum absolute atomic E-state index is 0.427. The average Bonchev–Trinajstić information content (AvgIpc) is 2.52. The molecule has 0 aliphatic carbocycles. The molecule has 2 aromatic heterocycles. The number of anilines is 1. The summed E-state index contributed by atoms with van der Waals surface area (Å²) < 4.78 is 2.51. The lowest BCUT2D eigenvalue weighted by Crippen LogP contribution is -2.00. The van der Waals surface area contributed by atoms with Crippen LogP contribution in [-0.2, 0) is 0 Å². The molecule has 2 heterocycles. The first kappa shape index (κ1) is 8.18. The van der Waals surface area contributed by atoms with Crippen molar-refractivity contribution in [1.82, 2.24) is 19.7 Å². The second kappa shape index (κ2) is 3.14. The summed E-state index contributed by atoms with van der Waals surface area (Å²) in [5.41, 5.74) is 5.50. The maximum Gasteiger partial charge on any atom is 0.158 e. The smallest absolute Gasteiger partial charge is 0.158 e. The van der Waals surface area contributed by atoms with Crippen molar-refractivity contribution in [1.29, 1.82) is 0 Å². The van der Waals surface area contributed by atoms with Gasteiger partial charge in [-0.1, -0.05) is 0 Å². The number of rotatable bonds is 1. The van der Waals surface area contributed by atoms with E-state index < -0.39 is 0 Å². The summed E-state index contributed by atoms with van der Waals surface area (Å²) in [7, 11) is 0. The Morgan fingerprint density at radius 1 is 1.38 bits per heavy atom. The highest BCUT2D eigenvalue weighted by Gasteiger charge is 2.00. The molecule has 0 aromatic carbocycles. The minimum atomic E-state index is 0.427. The molecule has 0 atom stereocenters. The van der Waals surface area contributed by atoms with Crippen LogP contribution in [0.25, 0.3) is 5.82 Å². The van der Waals surface area contributed by atoms with E-state index in [1.54, 1.807) is 23.1 Å². The van der Waals surface area contributed by atoms with Gasteiger partial charge < -0.3 is 5.73 Å². The Balaban J connectivity index is 2.46. The molecule has 2 rings (SSSR count). The molecule has 0 fully saturated rings. The van der Waals surface area contributed by atoms with Crippen molar-refractivity contribution in [3.63, 3.8) is 0 Å². The van der Waals surface area contributed by atoms with Gasteiger partial charge >= 0.3 is 0 Å². The number of hydrogen-bond acceptors (Lipinski definition) is 4. The van der Waals surface area contributed by atoms with Gasteiger partial charge in [0.25, 0.3) is 0 Å². The first-order valence-electron chi connectivity index (χ1n) is 3.54. The van der Waals surface area contributed by atoms with Crippen LogP contribution >= 0.6 is 15.9 Å². The molecule has 2 aromatic rings. The second-order valence-electron chi connectivity index (χ2n) is 2.40. The molecular formula is C7H6BrN5. The van der Waals surface area contributed by atoms with Gasteiger partial charge in [0.2, 0.25) is 0 Å². The SMILES string of the molecule is Nc1cc(-n2cc(Br)cn2)ncn1. The standard InChI is InChI=1S/C7H6BrN5/c8-5-2-12-13(3-5)7-1-6(9)10-4-11-7/h1-4H,(H2,9,10,11). The Bertz CT molecular complexity index is 424. The highest BCUT2D eigenvalue weighted by molar-refractivity contribution is 9.10. The van der Waals surface area contributed by atoms with E-state index in [0.29, 0.717) is 11.6 Å². The van der Waals surface area contributed by atoms with Gasteiger partial charge in [-0.2, -0.15) is 5.10 Å². The highest BCUT2D eigenvalue weighted by atomic mass is 79.9. The van der Waals surface area contributed by atoms with E-state index >= 15 is 0 Å². The number of nitrogen functional groups attached to an aromatic ring is 1. The Labute approximate surface area is 82.7 Å². The monoisotopic (exact) mass is 239 g/mol. The van der Waals surface area contributed by atoms with Crippen molar-refractivity contribution in [2.24, 2.45) is 0 Å². The molecule has 0 aliphatic rings. The lowest BCUT2D eigenvalue weighted by atomic mass is 10.5. The van der Waals surface area contributed by atoms with Crippen LogP contribution in [0, 0.1) is 0 Å². The third kappa shape index (κ3) is 1.67. The van der Waals surface area contributed by atoms with E-state index in [9.17, 15) is 0 Å². The lowest BCUT2D eigenvalue weighted by molar-refractivity contribution is 0.840. The molecule has 0 radical (unpaired) electrons. The fourth-order valence-electron chi connectivity index (χ4n) is 0.913. The van der Waals surface area contributed by atoms with E-state index in [-0.39, 0.29) is 0 Å². The molecule has 0 unspecified atom stereocenters. The minimum Gasteiger partial charge on any atom is -0.384 e. The predicted molar refractivity (Wildman–Crippen MR) is 51.3 cm³/mol. The number of hydrogen-bond donors (Lipinski definition) is 1. The Kier molecular flexibility index (Phi) is 1.97. The summed E-state index contributed by atoms with van der Waals surface area (Å²) in [5.74, 6) is 1.08. The highest BCUT2D eigenvalue weighted by Crippen LogP contribution is 2.10. The quantitative estimate of drug-likeness (QED) is 0.807. The summed E-state index contributed by atoms with van der Waals surface area (Å²) >= 11 is 3.29. The third-order valence-electron chi connectivity index (χ3n) is 1.46. The van der Waals surface area contributed by atoms with E-state index in [0.717, 1.165) is 4.47 Å². The Morgan fingerprint density at radius 2 is 2.23 bits per heavy atom. The van der Waals surface area contributed by atoms with Crippen LogP contribution < -0.4 is 5.73 Å². The fraction of sp³-hybridized carbons (Fsp3) is 0. The van der Waals surface area contributed by atoms with Crippen LogP contribution in [0.1, 0.15) is 0 Å². The zero-order valence-electron chi connectivity index (χ0n) is 6.55. The lowest BCUT2D eigenvalue weighted by Gasteiger charge is -1.98. The van der Waals surface area contributed by atoms with Gasteiger partial charge in [-0.15, -0.1) is 0 Å². The number of halogens is 1. The molecule has 6 heteroatoms. The number of nitrogens with two attached hydrogens (primary N) is 1. The van der Waals surface area contributed by atoms with Crippen molar-refractivity contribution in [3.05, 3.63) is 29.3 Å². The average molecular weight is 240 g/mol. The summed E-state index contributed by atoms with van der Waals surface area (Å²) in [6, 6.07) is 1.65. The first-order chi connectivity index (χ1) is 6.25. The molecular weight excluding hydrogens is 234 g/mol. The van der Waals surface area contributed by atoms with E-state index in [1.165, 1.54) is 6.33 Å². The van der Waals surface area contributed by atoms with Crippen LogP contribution in [0.5, 0.6) is 0 Å². The second-order valence-corrected chi connectivity index (χ2v) is 3.32. The van der Waals surface area contributed by atoms with Crippen molar-refractivity contribution in [3.8, 4) is 5.82 Å². The van der Waals surface area contributed by atoms with Gasteiger partial charge in [0, 0.05) is 12.3 Å². The molecule has 0 aliphatic heterocycles. The fourth-order valence-corrected chi connectivity index (χ4v) is 1.20. The van der Waals surface area contributed by atoms with Crippen molar-refractivity contribution >= 4 is 21.7 Å². The maximum atomic E-state index is 5.50. The molecule has 0 saturated heterocycles. The summed E-state index contributed by atoms with van der Waals surface area (Å²) in [5, 5.41) is 4.05. The molecule has 5 nitrogen and oxygen atoms in total. The van der Waals surface area contributed by atoms with Crippen LogP contribution in [0.2, 0.25) is 0 Å². The normalized spacial score (nSPS) is 10.2. The van der Waals surface area contributed by atoms with Crippen LogP contribution in [-0.4, -0.2) is 19.7 Å². The Hall–Kier alpha value is -1.43. The third-order valence-corrected chi connectivity index (χ3v) is 1.87. The van der Waals surface area contributed by atoms with Gasteiger partial charge in [0.1, 0.15) is 12.1 Å². The summed E-state index contributed by atoms with van der Waals surface area (Å²) in [6.07, 6.45) is 4.88. The van der Waals surface area contributed by atoms with Gasteiger partial charge in [-0.25, -0.2) is 14.6 Å². The van der Waals surface area contributed by atoms with E-state index in [2.05, 4.69) is 31.0 Å². The van der Waals surface area contributed by atoms with Gasteiger partial charge in [0.05, 0.1) is 10.7 Å². The van der Waals surface area contributed by atoms with Crippen molar-refractivity contribution < 1.29 is 0 Å². The number of aromatic nitrogens is 4. The van der Waals surface area contributed by atoms with Crippen LogP contribution in [0.15, 0.2) is 29.3 Å². The molecule has 13 heavy (non-hydrogen) atoms. The molecule has 2 N–H and O–H groups in total. The topological polar surface area (TPSA) is 69.6 Å². The van der Waals surface area contributed by atoms with Crippen LogP contribution in [0.4, 0.5) is 5.82 Å². The van der Waals surface area contributed by atoms with Crippen molar-refractivity contribution in [2.75, 3.05) is 5.73 Å². The van der Waals surface area contributed by atoms with Crippen LogP contribution in [0.3, 0.4) is 0 Å². The first-order valence-corrected chi connectivity index (χ1v) is 4.33. The molecule has 0 bridgehead atoms. The summed E-state index contributed by atoms with van der Waals surface area (Å²) in [4.78, 5) is 7.80. The molecule has 0 amide bonds. The molecule has 66 valence electrons.